The Labute approximate surface area is 81.1 Å². The second-order valence-electron chi connectivity index (χ2n) is 2.63. The summed E-state index contributed by atoms with van der Waals surface area (Å²) in [7, 11) is 0. The molecule has 0 saturated carbocycles. The smallest absolute Gasteiger partial charge is 0.471 e. The highest BCUT2D eigenvalue weighted by atomic mass is 32.2. The van der Waals surface area contributed by atoms with E-state index >= 15 is 0 Å². The van der Waals surface area contributed by atoms with Crippen molar-refractivity contribution in [3.05, 3.63) is 0 Å². The van der Waals surface area contributed by atoms with Crippen LogP contribution in [0.15, 0.2) is 0 Å². The Morgan fingerprint density at radius 1 is 1.43 bits per heavy atom. The summed E-state index contributed by atoms with van der Waals surface area (Å²) in [5.41, 5.74) is 0. The summed E-state index contributed by atoms with van der Waals surface area (Å²) in [6.45, 7) is 0. The number of carboxylic acid groups (broad SMARTS) is 1. The molecule has 1 saturated heterocycles. The van der Waals surface area contributed by atoms with Gasteiger partial charge in [-0.2, -0.15) is 13.2 Å². The molecule has 0 unspecified atom stereocenters. The fourth-order valence-electron chi connectivity index (χ4n) is 1.01. The largest absolute Gasteiger partial charge is 0.480 e. The molecule has 0 aliphatic carbocycles. The minimum absolute atomic E-state index is 0.00282. The summed E-state index contributed by atoms with van der Waals surface area (Å²) in [6, 6.07) is -1.37. The molecule has 8 heteroatoms. The van der Waals surface area contributed by atoms with Crippen LogP contribution in [-0.4, -0.2) is 45.7 Å². The zero-order chi connectivity index (χ0) is 10.9. The Kier molecular flexibility index (Phi) is 2.93. The molecule has 14 heavy (non-hydrogen) atoms. The Hall–Kier alpha value is -0.920. The standard InChI is InChI=1S/C6H6F3NO3S/c7-6(8,9)5(13)10-2-14-1-3(10)4(11)12/h3H,1-2H2,(H,11,12)/t3-/m1/s1. The molecule has 1 fully saturated rings. The van der Waals surface area contributed by atoms with E-state index in [1.54, 1.807) is 0 Å². The number of alkyl halides is 3. The van der Waals surface area contributed by atoms with Crippen molar-refractivity contribution in [2.24, 2.45) is 0 Å². The SMILES string of the molecule is O=C(O)[C@H]1CSCN1C(=O)C(F)(F)F. The van der Waals surface area contributed by atoms with Gasteiger partial charge in [0.05, 0.1) is 5.88 Å². The number of hydrogen-bond donors (Lipinski definition) is 1. The summed E-state index contributed by atoms with van der Waals surface area (Å²) < 4.78 is 35.8. The third-order valence-electron chi connectivity index (χ3n) is 1.67. The minimum Gasteiger partial charge on any atom is -0.480 e. The van der Waals surface area contributed by atoms with Gasteiger partial charge in [0.1, 0.15) is 6.04 Å². The number of rotatable bonds is 1. The van der Waals surface area contributed by atoms with Gasteiger partial charge < -0.3 is 10.0 Å². The average Bonchev–Trinajstić information content (AvgIpc) is 2.48. The Morgan fingerprint density at radius 3 is 2.43 bits per heavy atom. The van der Waals surface area contributed by atoms with Crippen LogP contribution in [-0.2, 0) is 9.59 Å². The molecule has 1 aliphatic rings. The van der Waals surface area contributed by atoms with Crippen molar-refractivity contribution < 1.29 is 27.9 Å². The van der Waals surface area contributed by atoms with E-state index in [0.29, 0.717) is 4.90 Å². The Bertz CT molecular complexity index is 268. The first-order valence-corrected chi connectivity index (χ1v) is 4.68. The van der Waals surface area contributed by atoms with E-state index in [0.717, 1.165) is 11.8 Å². The quantitative estimate of drug-likeness (QED) is 0.712. The molecule has 1 N–H and O–H groups in total. The van der Waals surface area contributed by atoms with Crippen LogP contribution in [0.2, 0.25) is 0 Å². The number of thioether (sulfide) groups is 1. The van der Waals surface area contributed by atoms with Crippen LogP contribution < -0.4 is 0 Å². The second-order valence-corrected chi connectivity index (χ2v) is 3.63. The molecule has 1 rings (SSSR count). The van der Waals surface area contributed by atoms with Crippen LogP contribution in [0.1, 0.15) is 0 Å². The third kappa shape index (κ3) is 2.11. The van der Waals surface area contributed by atoms with Crippen LogP contribution in [0.4, 0.5) is 13.2 Å². The molecule has 0 bridgehead atoms. The fourth-order valence-corrected chi connectivity index (χ4v) is 2.16. The molecule has 1 amide bonds. The van der Waals surface area contributed by atoms with Crippen LogP contribution in [0.25, 0.3) is 0 Å². The lowest BCUT2D eigenvalue weighted by atomic mass is 10.3. The van der Waals surface area contributed by atoms with Gasteiger partial charge in [-0.25, -0.2) is 4.79 Å². The van der Waals surface area contributed by atoms with Gasteiger partial charge in [-0.3, -0.25) is 4.79 Å². The molecule has 0 aromatic rings. The van der Waals surface area contributed by atoms with Crippen LogP contribution in [0, 0.1) is 0 Å². The molecule has 4 nitrogen and oxygen atoms in total. The van der Waals surface area contributed by atoms with Gasteiger partial charge in [0.25, 0.3) is 0 Å². The molecular weight excluding hydrogens is 223 g/mol. The van der Waals surface area contributed by atoms with E-state index in [1.807, 2.05) is 0 Å². The highest BCUT2D eigenvalue weighted by molar-refractivity contribution is 7.99. The third-order valence-corrected chi connectivity index (χ3v) is 2.68. The predicted octanol–water partition coefficient (Wildman–Crippen LogP) is 0.535. The van der Waals surface area contributed by atoms with E-state index < -0.39 is 24.1 Å². The first kappa shape index (κ1) is 11.2. The number of carboxylic acids is 1. The van der Waals surface area contributed by atoms with Gasteiger partial charge in [0.2, 0.25) is 0 Å². The number of hydrogen-bond acceptors (Lipinski definition) is 3. The van der Waals surface area contributed by atoms with Gasteiger partial charge in [-0.05, 0) is 0 Å². The highest BCUT2D eigenvalue weighted by Gasteiger charge is 2.48. The van der Waals surface area contributed by atoms with Gasteiger partial charge >= 0.3 is 18.1 Å². The fraction of sp³-hybridized carbons (Fsp3) is 0.667. The molecule has 1 atom stereocenters. The number of halogens is 3. The van der Waals surface area contributed by atoms with Crippen molar-refractivity contribution in [1.82, 2.24) is 4.90 Å². The maximum Gasteiger partial charge on any atom is 0.471 e. The van der Waals surface area contributed by atoms with E-state index in [2.05, 4.69) is 0 Å². The predicted molar refractivity (Wildman–Crippen MR) is 41.6 cm³/mol. The maximum atomic E-state index is 11.9. The summed E-state index contributed by atoms with van der Waals surface area (Å²) in [5.74, 6) is -3.73. The molecule has 0 aromatic heterocycles. The lowest BCUT2D eigenvalue weighted by Crippen LogP contribution is -2.47. The summed E-state index contributed by atoms with van der Waals surface area (Å²) in [6.07, 6.45) is -5.00. The van der Waals surface area contributed by atoms with Gasteiger partial charge in [0.15, 0.2) is 0 Å². The van der Waals surface area contributed by atoms with Crippen molar-refractivity contribution in [3.8, 4) is 0 Å². The monoisotopic (exact) mass is 229 g/mol. The number of aliphatic carboxylic acids is 1. The number of nitrogens with zero attached hydrogens (tertiary/aromatic N) is 1. The van der Waals surface area contributed by atoms with E-state index in [-0.39, 0.29) is 11.6 Å². The van der Waals surface area contributed by atoms with Crippen LogP contribution >= 0.6 is 11.8 Å². The molecule has 0 spiro atoms. The summed E-state index contributed by atoms with van der Waals surface area (Å²) in [5, 5.41) is 8.52. The van der Waals surface area contributed by atoms with Crippen molar-refractivity contribution in [2.75, 3.05) is 11.6 Å². The zero-order valence-corrected chi connectivity index (χ0v) is 7.56. The van der Waals surface area contributed by atoms with Gasteiger partial charge in [-0.1, -0.05) is 0 Å². The van der Waals surface area contributed by atoms with Gasteiger partial charge in [0, 0.05) is 5.75 Å². The molecule has 80 valence electrons. The normalized spacial score (nSPS) is 22.5. The molecule has 1 heterocycles. The molecule has 1 aliphatic heterocycles. The van der Waals surface area contributed by atoms with Crippen molar-refractivity contribution in [1.29, 1.82) is 0 Å². The lowest BCUT2D eigenvalue weighted by molar-refractivity contribution is -0.187. The molecule has 0 radical (unpaired) electrons. The van der Waals surface area contributed by atoms with E-state index in [9.17, 15) is 22.8 Å². The Morgan fingerprint density at radius 2 is 2.00 bits per heavy atom. The number of amides is 1. The average molecular weight is 229 g/mol. The molecular formula is C6H6F3NO3S. The topological polar surface area (TPSA) is 57.6 Å². The first-order chi connectivity index (χ1) is 6.34. The highest BCUT2D eigenvalue weighted by Crippen LogP contribution is 2.27. The van der Waals surface area contributed by atoms with E-state index in [1.165, 1.54) is 0 Å². The van der Waals surface area contributed by atoms with Crippen LogP contribution in [0.5, 0.6) is 0 Å². The zero-order valence-electron chi connectivity index (χ0n) is 6.74. The number of carbonyl (C=O) groups excluding carboxylic acids is 1. The second kappa shape index (κ2) is 3.68. The summed E-state index contributed by atoms with van der Waals surface area (Å²) in [4.78, 5) is 21.5. The number of carbonyl (C=O) groups is 2. The van der Waals surface area contributed by atoms with Gasteiger partial charge in [-0.15, -0.1) is 11.8 Å². The van der Waals surface area contributed by atoms with Crippen molar-refractivity contribution >= 4 is 23.6 Å². The molecule has 0 aromatic carbocycles. The lowest BCUT2D eigenvalue weighted by Gasteiger charge is -2.21. The van der Waals surface area contributed by atoms with E-state index in [4.69, 9.17) is 5.11 Å². The van der Waals surface area contributed by atoms with Crippen LogP contribution in [0.3, 0.4) is 0 Å². The minimum atomic E-state index is -5.00. The Balaban J connectivity index is 2.77. The summed E-state index contributed by atoms with van der Waals surface area (Å²) >= 11 is 0.987. The maximum absolute atomic E-state index is 11.9. The first-order valence-electron chi connectivity index (χ1n) is 3.52. The van der Waals surface area contributed by atoms with Crippen molar-refractivity contribution in [2.45, 2.75) is 12.2 Å². The van der Waals surface area contributed by atoms with Crippen molar-refractivity contribution in [3.63, 3.8) is 0 Å².